The van der Waals surface area contributed by atoms with Gasteiger partial charge in [-0.2, -0.15) is 4.39 Å². The Kier molecular flexibility index (Phi) is 3.68. The van der Waals surface area contributed by atoms with Crippen molar-refractivity contribution in [3.8, 4) is 0 Å². The number of aromatic nitrogens is 1. The molecule has 0 radical (unpaired) electrons. The highest BCUT2D eigenvalue weighted by Crippen LogP contribution is 2.23. The normalized spacial score (nSPS) is 22.9. The van der Waals surface area contributed by atoms with Gasteiger partial charge in [-0.3, -0.25) is 4.79 Å². The van der Waals surface area contributed by atoms with E-state index in [4.69, 9.17) is 4.74 Å². The molecular weight excluding hydrogens is 223 g/mol. The Bertz CT molecular complexity index is 405. The highest BCUT2D eigenvalue weighted by atomic mass is 19.1. The average molecular weight is 238 g/mol. The Morgan fingerprint density at radius 3 is 3.00 bits per heavy atom. The molecule has 2 rings (SSSR count). The van der Waals surface area contributed by atoms with Crippen molar-refractivity contribution in [3.05, 3.63) is 29.8 Å². The first kappa shape index (κ1) is 12.0. The molecule has 1 aliphatic rings. The van der Waals surface area contributed by atoms with Gasteiger partial charge in [0.05, 0.1) is 6.10 Å². The van der Waals surface area contributed by atoms with Crippen LogP contribution in [0, 0.1) is 5.95 Å². The first-order chi connectivity index (χ1) is 8.19. The molecule has 1 aromatic rings. The summed E-state index contributed by atoms with van der Waals surface area (Å²) >= 11 is 0. The van der Waals surface area contributed by atoms with Gasteiger partial charge in [0.2, 0.25) is 5.95 Å². The molecule has 1 amide bonds. The molecule has 17 heavy (non-hydrogen) atoms. The van der Waals surface area contributed by atoms with E-state index in [0.29, 0.717) is 6.61 Å². The summed E-state index contributed by atoms with van der Waals surface area (Å²) in [6.07, 6.45) is 1.87. The lowest BCUT2D eigenvalue weighted by molar-refractivity contribution is -0.00867. The van der Waals surface area contributed by atoms with E-state index in [1.807, 2.05) is 6.92 Å². The van der Waals surface area contributed by atoms with Crippen LogP contribution < -0.4 is 5.32 Å². The third kappa shape index (κ3) is 3.00. The van der Waals surface area contributed by atoms with E-state index in [-0.39, 0.29) is 23.7 Å². The van der Waals surface area contributed by atoms with E-state index >= 15 is 0 Å². The van der Waals surface area contributed by atoms with Crippen LogP contribution in [0.4, 0.5) is 4.39 Å². The van der Waals surface area contributed by atoms with Gasteiger partial charge in [0.25, 0.3) is 5.91 Å². The minimum absolute atomic E-state index is 0.115. The lowest BCUT2D eigenvalue weighted by Crippen LogP contribution is -2.48. The molecule has 0 aromatic carbocycles. The number of hydrogen-bond donors (Lipinski definition) is 1. The van der Waals surface area contributed by atoms with Crippen molar-refractivity contribution in [3.63, 3.8) is 0 Å². The molecule has 1 fully saturated rings. The molecule has 0 aliphatic heterocycles. The van der Waals surface area contributed by atoms with Crippen LogP contribution >= 0.6 is 0 Å². The fourth-order valence-corrected chi connectivity index (χ4v) is 1.85. The van der Waals surface area contributed by atoms with Gasteiger partial charge in [-0.25, -0.2) is 4.98 Å². The molecule has 1 aliphatic carbocycles. The average Bonchev–Trinajstić information content (AvgIpc) is 2.26. The molecule has 1 N–H and O–H groups in total. The van der Waals surface area contributed by atoms with Crippen LogP contribution in [0.5, 0.6) is 0 Å². The highest BCUT2D eigenvalue weighted by molar-refractivity contribution is 5.92. The number of nitrogens with zero attached hydrogens (tertiary/aromatic N) is 1. The molecule has 0 saturated heterocycles. The van der Waals surface area contributed by atoms with Crippen molar-refractivity contribution in [1.82, 2.24) is 10.3 Å². The van der Waals surface area contributed by atoms with Crippen LogP contribution in [-0.4, -0.2) is 29.6 Å². The zero-order valence-electron chi connectivity index (χ0n) is 9.65. The minimum Gasteiger partial charge on any atom is -0.378 e. The van der Waals surface area contributed by atoms with Crippen molar-refractivity contribution in [2.24, 2.45) is 0 Å². The Morgan fingerprint density at radius 2 is 2.35 bits per heavy atom. The predicted molar refractivity (Wildman–Crippen MR) is 60.1 cm³/mol. The molecule has 5 heteroatoms. The summed E-state index contributed by atoms with van der Waals surface area (Å²) in [6, 6.07) is 4.30. The van der Waals surface area contributed by atoms with Crippen LogP contribution in [0.25, 0.3) is 0 Å². The van der Waals surface area contributed by atoms with E-state index in [9.17, 15) is 9.18 Å². The Balaban J connectivity index is 1.83. The Hall–Kier alpha value is -1.49. The van der Waals surface area contributed by atoms with Gasteiger partial charge in [0.1, 0.15) is 5.69 Å². The number of hydrogen-bond acceptors (Lipinski definition) is 3. The van der Waals surface area contributed by atoms with Crippen LogP contribution in [0.1, 0.15) is 30.3 Å². The van der Waals surface area contributed by atoms with E-state index in [1.54, 1.807) is 0 Å². The summed E-state index contributed by atoms with van der Waals surface area (Å²) in [5.74, 6) is -0.970. The SMILES string of the molecule is CCOC1CC(NC(=O)c2cccc(F)n2)C1. The molecule has 4 nitrogen and oxygen atoms in total. The maximum Gasteiger partial charge on any atom is 0.270 e. The van der Waals surface area contributed by atoms with Crippen LogP contribution in [0.3, 0.4) is 0 Å². The number of ether oxygens (including phenoxy) is 1. The fraction of sp³-hybridized carbons (Fsp3) is 0.500. The molecule has 92 valence electrons. The van der Waals surface area contributed by atoms with Gasteiger partial charge in [-0.1, -0.05) is 6.07 Å². The molecule has 0 unspecified atom stereocenters. The van der Waals surface area contributed by atoms with E-state index in [0.717, 1.165) is 12.8 Å². The number of nitrogens with one attached hydrogen (secondary N) is 1. The summed E-state index contributed by atoms with van der Waals surface area (Å²) < 4.78 is 18.2. The maximum atomic E-state index is 12.8. The molecule has 1 heterocycles. The fourth-order valence-electron chi connectivity index (χ4n) is 1.85. The molecule has 1 saturated carbocycles. The van der Waals surface area contributed by atoms with Crippen molar-refractivity contribution in [1.29, 1.82) is 0 Å². The first-order valence-electron chi connectivity index (χ1n) is 5.74. The lowest BCUT2D eigenvalue weighted by Gasteiger charge is -2.35. The smallest absolute Gasteiger partial charge is 0.270 e. The quantitative estimate of drug-likeness (QED) is 0.809. The van der Waals surface area contributed by atoms with Gasteiger partial charge in [-0.05, 0) is 31.9 Å². The zero-order valence-corrected chi connectivity index (χ0v) is 9.65. The zero-order chi connectivity index (χ0) is 12.3. The molecular formula is C12H15FN2O2. The lowest BCUT2D eigenvalue weighted by atomic mass is 9.89. The summed E-state index contributed by atoms with van der Waals surface area (Å²) in [4.78, 5) is 15.2. The van der Waals surface area contributed by atoms with Crippen molar-refractivity contribution < 1.29 is 13.9 Å². The number of rotatable bonds is 4. The van der Waals surface area contributed by atoms with Gasteiger partial charge in [0.15, 0.2) is 0 Å². The number of carbonyl (C=O) groups excluding carboxylic acids is 1. The van der Waals surface area contributed by atoms with Crippen LogP contribution in [-0.2, 0) is 4.74 Å². The summed E-state index contributed by atoms with van der Waals surface area (Å²) in [5, 5.41) is 2.80. The highest BCUT2D eigenvalue weighted by Gasteiger charge is 2.31. The van der Waals surface area contributed by atoms with E-state index in [1.165, 1.54) is 18.2 Å². The molecule has 1 aromatic heterocycles. The van der Waals surface area contributed by atoms with Gasteiger partial charge in [-0.15, -0.1) is 0 Å². The number of pyridine rings is 1. The van der Waals surface area contributed by atoms with Crippen molar-refractivity contribution in [2.45, 2.75) is 31.9 Å². The van der Waals surface area contributed by atoms with Crippen molar-refractivity contribution >= 4 is 5.91 Å². The number of carbonyl (C=O) groups is 1. The molecule has 0 bridgehead atoms. The summed E-state index contributed by atoms with van der Waals surface area (Å²) in [6.45, 7) is 2.64. The summed E-state index contributed by atoms with van der Waals surface area (Å²) in [5.41, 5.74) is 0.116. The number of halogens is 1. The van der Waals surface area contributed by atoms with Gasteiger partial charge >= 0.3 is 0 Å². The topological polar surface area (TPSA) is 51.2 Å². The second kappa shape index (κ2) is 5.23. The third-order valence-corrected chi connectivity index (χ3v) is 2.78. The maximum absolute atomic E-state index is 12.8. The predicted octanol–water partition coefficient (Wildman–Crippen LogP) is 1.52. The molecule has 0 atom stereocenters. The standard InChI is InChI=1S/C12H15FN2O2/c1-2-17-9-6-8(7-9)14-12(16)10-4-3-5-11(13)15-10/h3-5,8-9H,2,6-7H2,1H3,(H,14,16). The Labute approximate surface area is 99.2 Å². The second-order valence-corrected chi connectivity index (χ2v) is 4.06. The van der Waals surface area contributed by atoms with Crippen LogP contribution in [0.15, 0.2) is 18.2 Å². The first-order valence-corrected chi connectivity index (χ1v) is 5.74. The van der Waals surface area contributed by atoms with E-state index < -0.39 is 5.95 Å². The largest absolute Gasteiger partial charge is 0.378 e. The van der Waals surface area contributed by atoms with Crippen molar-refractivity contribution in [2.75, 3.05) is 6.61 Å². The monoisotopic (exact) mass is 238 g/mol. The minimum atomic E-state index is -0.640. The van der Waals surface area contributed by atoms with Crippen LogP contribution in [0.2, 0.25) is 0 Å². The van der Waals surface area contributed by atoms with Gasteiger partial charge < -0.3 is 10.1 Å². The number of amides is 1. The Morgan fingerprint density at radius 1 is 1.59 bits per heavy atom. The molecule has 0 spiro atoms. The van der Waals surface area contributed by atoms with E-state index in [2.05, 4.69) is 10.3 Å². The second-order valence-electron chi connectivity index (χ2n) is 4.06. The third-order valence-electron chi connectivity index (χ3n) is 2.78. The summed E-state index contributed by atoms with van der Waals surface area (Å²) in [7, 11) is 0. The van der Waals surface area contributed by atoms with Gasteiger partial charge in [0, 0.05) is 12.6 Å².